The summed E-state index contributed by atoms with van der Waals surface area (Å²) < 4.78 is 24.6. The number of halogens is 1. The minimum Gasteiger partial charge on any atom is -0.454 e. The first-order valence-electron chi connectivity index (χ1n) is 6.82. The van der Waals surface area contributed by atoms with Crippen molar-refractivity contribution in [3.05, 3.63) is 59.9 Å². The third-order valence-corrected chi connectivity index (χ3v) is 3.10. The van der Waals surface area contributed by atoms with E-state index in [1.807, 2.05) is 24.3 Å². The SMILES string of the molecule is CCC(C)OCc1ccc(Oc2ccccc2F)cc1. The Hall–Kier alpha value is -1.87. The lowest BCUT2D eigenvalue weighted by Crippen LogP contribution is -2.05. The molecule has 0 radical (unpaired) electrons. The van der Waals surface area contributed by atoms with Crippen molar-refractivity contribution < 1.29 is 13.9 Å². The fourth-order valence-electron chi connectivity index (χ4n) is 1.66. The molecule has 1 atom stereocenters. The van der Waals surface area contributed by atoms with Crippen molar-refractivity contribution >= 4 is 0 Å². The second kappa shape index (κ2) is 7.06. The average Bonchev–Trinajstić information content (AvgIpc) is 2.48. The molecule has 2 aromatic carbocycles. The molecule has 3 heteroatoms. The van der Waals surface area contributed by atoms with Crippen molar-refractivity contribution in [2.24, 2.45) is 0 Å². The standard InChI is InChI=1S/C17H19FO2/c1-3-13(2)19-12-14-8-10-15(11-9-14)20-17-7-5-4-6-16(17)18/h4-11,13H,3,12H2,1-2H3. The van der Waals surface area contributed by atoms with Gasteiger partial charge < -0.3 is 9.47 Å². The minimum absolute atomic E-state index is 0.233. The molecule has 0 aliphatic heterocycles. The van der Waals surface area contributed by atoms with Crippen LogP contribution in [0.15, 0.2) is 48.5 Å². The maximum absolute atomic E-state index is 13.5. The summed E-state index contributed by atoms with van der Waals surface area (Å²) in [6, 6.07) is 13.9. The van der Waals surface area contributed by atoms with E-state index in [0.717, 1.165) is 12.0 Å². The molecule has 0 bridgehead atoms. The molecule has 0 heterocycles. The van der Waals surface area contributed by atoms with Crippen molar-refractivity contribution in [2.45, 2.75) is 33.0 Å². The van der Waals surface area contributed by atoms with Gasteiger partial charge in [0, 0.05) is 0 Å². The van der Waals surface area contributed by atoms with Crippen LogP contribution >= 0.6 is 0 Å². The van der Waals surface area contributed by atoms with E-state index in [1.54, 1.807) is 18.2 Å². The number of hydrogen-bond donors (Lipinski definition) is 0. The zero-order valence-electron chi connectivity index (χ0n) is 11.8. The van der Waals surface area contributed by atoms with Crippen molar-refractivity contribution in [3.8, 4) is 11.5 Å². The summed E-state index contributed by atoms with van der Waals surface area (Å²) in [5, 5.41) is 0. The third-order valence-electron chi connectivity index (χ3n) is 3.10. The lowest BCUT2D eigenvalue weighted by Gasteiger charge is -2.11. The smallest absolute Gasteiger partial charge is 0.165 e. The number of ether oxygens (including phenoxy) is 2. The van der Waals surface area contributed by atoms with Gasteiger partial charge in [-0.2, -0.15) is 0 Å². The van der Waals surface area contributed by atoms with E-state index < -0.39 is 0 Å². The molecule has 0 amide bonds. The minimum atomic E-state index is -0.364. The predicted molar refractivity (Wildman–Crippen MR) is 77.5 cm³/mol. The van der Waals surface area contributed by atoms with Crippen LogP contribution in [0.2, 0.25) is 0 Å². The van der Waals surface area contributed by atoms with E-state index in [1.165, 1.54) is 6.07 Å². The lowest BCUT2D eigenvalue weighted by atomic mass is 10.2. The predicted octanol–water partition coefficient (Wildman–Crippen LogP) is 4.93. The Morgan fingerprint density at radius 3 is 2.40 bits per heavy atom. The molecule has 106 valence electrons. The van der Waals surface area contributed by atoms with Crippen LogP contribution in [0, 0.1) is 5.82 Å². The summed E-state index contributed by atoms with van der Waals surface area (Å²) >= 11 is 0. The highest BCUT2D eigenvalue weighted by molar-refractivity contribution is 5.33. The normalized spacial score (nSPS) is 12.2. The Labute approximate surface area is 119 Å². The van der Waals surface area contributed by atoms with Gasteiger partial charge >= 0.3 is 0 Å². The van der Waals surface area contributed by atoms with Crippen LogP contribution in [-0.2, 0) is 11.3 Å². The molecule has 0 aliphatic carbocycles. The van der Waals surface area contributed by atoms with Crippen LogP contribution in [0.3, 0.4) is 0 Å². The Bertz CT molecular complexity index is 537. The van der Waals surface area contributed by atoms with Gasteiger partial charge in [-0.05, 0) is 43.2 Å². The molecule has 0 saturated heterocycles. The Morgan fingerprint density at radius 1 is 1.05 bits per heavy atom. The molecule has 0 spiro atoms. The second-order valence-electron chi connectivity index (χ2n) is 4.71. The fraction of sp³-hybridized carbons (Fsp3) is 0.294. The zero-order valence-corrected chi connectivity index (χ0v) is 11.8. The first-order chi connectivity index (χ1) is 9.69. The molecule has 2 nitrogen and oxygen atoms in total. The average molecular weight is 274 g/mol. The highest BCUT2D eigenvalue weighted by Crippen LogP contribution is 2.24. The van der Waals surface area contributed by atoms with Gasteiger partial charge in [0.15, 0.2) is 11.6 Å². The third kappa shape index (κ3) is 4.07. The van der Waals surface area contributed by atoms with Crippen molar-refractivity contribution in [1.82, 2.24) is 0 Å². The number of rotatable bonds is 6. The van der Waals surface area contributed by atoms with E-state index in [-0.39, 0.29) is 17.7 Å². The van der Waals surface area contributed by atoms with Crippen LogP contribution in [-0.4, -0.2) is 6.10 Å². The molecule has 20 heavy (non-hydrogen) atoms. The monoisotopic (exact) mass is 274 g/mol. The molecule has 0 fully saturated rings. The summed E-state index contributed by atoms with van der Waals surface area (Å²) in [7, 11) is 0. The second-order valence-corrected chi connectivity index (χ2v) is 4.71. The molecule has 0 aliphatic rings. The molecule has 0 aromatic heterocycles. The molecule has 0 saturated carbocycles. The quantitative estimate of drug-likeness (QED) is 0.743. The van der Waals surface area contributed by atoms with Gasteiger partial charge in [-0.3, -0.25) is 0 Å². The first kappa shape index (κ1) is 14.5. The maximum Gasteiger partial charge on any atom is 0.165 e. The van der Waals surface area contributed by atoms with Gasteiger partial charge in [-0.15, -0.1) is 0 Å². The molecule has 2 rings (SSSR count). The largest absolute Gasteiger partial charge is 0.454 e. The Balaban J connectivity index is 1.96. The van der Waals surface area contributed by atoms with Crippen LogP contribution in [0.25, 0.3) is 0 Å². The zero-order chi connectivity index (χ0) is 14.4. The lowest BCUT2D eigenvalue weighted by molar-refractivity contribution is 0.0508. The summed E-state index contributed by atoms with van der Waals surface area (Å²) in [6.45, 7) is 4.72. The van der Waals surface area contributed by atoms with Gasteiger partial charge in [0.2, 0.25) is 0 Å². The van der Waals surface area contributed by atoms with Crippen LogP contribution < -0.4 is 4.74 Å². The van der Waals surface area contributed by atoms with E-state index in [4.69, 9.17) is 9.47 Å². The van der Waals surface area contributed by atoms with Gasteiger partial charge in [0.1, 0.15) is 5.75 Å². The molecular formula is C17H19FO2. The van der Waals surface area contributed by atoms with Gasteiger partial charge in [-0.1, -0.05) is 31.2 Å². The van der Waals surface area contributed by atoms with Gasteiger partial charge in [-0.25, -0.2) is 4.39 Å². The Morgan fingerprint density at radius 2 is 1.75 bits per heavy atom. The molecule has 2 aromatic rings. The van der Waals surface area contributed by atoms with Crippen LogP contribution in [0.5, 0.6) is 11.5 Å². The van der Waals surface area contributed by atoms with E-state index in [9.17, 15) is 4.39 Å². The summed E-state index contributed by atoms with van der Waals surface area (Å²) in [6.07, 6.45) is 1.25. The highest BCUT2D eigenvalue weighted by atomic mass is 19.1. The number of para-hydroxylation sites is 1. The molecular weight excluding hydrogens is 255 g/mol. The summed E-state index contributed by atoms with van der Waals surface area (Å²) in [5.74, 6) is 0.482. The maximum atomic E-state index is 13.5. The van der Waals surface area contributed by atoms with Crippen molar-refractivity contribution in [3.63, 3.8) is 0 Å². The highest BCUT2D eigenvalue weighted by Gasteiger charge is 2.04. The van der Waals surface area contributed by atoms with E-state index in [2.05, 4.69) is 13.8 Å². The van der Waals surface area contributed by atoms with Gasteiger partial charge in [0.25, 0.3) is 0 Å². The summed E-state index contributed by atoms with van der Waals surface area (Å²) in [4.78, 5) is 0. The summed E-state index contributed by atoms with van der Waals surface area (Å²) in [5.41, 5.74) is 1.08. The van der Waals surface area contributed by atoms with E-state index in [0.29, 0.717) is 12.4 Å². The number of benzene rings is 2. The molecule has 1 unspecified atom stereocenters. The topological polar surface area (TPSA) is 18.5 Å². The van der Waals surface area contributed by atoms with E-state index >= 15 is 0 Å². The van der Waals surface area contributed by atoms with Crippen LogP contribution in [0.4, 0.5) is 4.39 Å². The van der Waals surface area contributed by atoms with Gasteiger partial charge in [0.05, 0.1) is 12.7 Å². The Kier molecular flexibility index (Phi) is 5.13. The fourth-order valence-corrected chi connectivity index (χ4v) is 1.66. The van der Waals surface area contributed by atoms with Crippen molar-refractivity contribution in [1.29, 1.82) is 0 Å². The van der Waals surface area contributed by atoms with Crippen molar-refractivity contribution in [2.75, 3.05) is 0 Å². The molecule has 0 N–H and O–H groups in total. The van der Waals surface area contributed by atoms with Crippen LogP contribution in [0.1, 0.15) is 25.8 Å². The first-order valence-corrected chi connectivity index (χ1v) is 6.82. The number of hydrogen-bond acceptors (Lipinski definition) is 2.